The Balaban J connectivity index is 1.39. The number of hydrogen-bond acceptors (Lipinski definition) is 4. The predicted molar refractivity (Wildman–Crippen MR) is 137 cm³/mol. The van der Waals surface area contributed by atoms with Crippen molar-refractivity contribution >= 4 is 34.4 Å². The van der Waals surface area contributed by atoms with Crippen molar-refractivity contribution in [2.75, 3.05) is 19.6 Å². The molecule has 1 aliphatic heterocycles. The number of nitrogens with one attached hydrogen (secondary N) is 2. The fourth-order valence-electron chi connectivity index (χ4n) is 4.27. The lowest BCUT2D eigenvalue weighted by Gasteiger charge is -2.26. The number of H-pyrrole nitrogens is 1. The van der Waals surface area contributed by atoms with E-state index >= 15 is 0 Å². The highest BCUT2D eigenvalue weighted by Crippen LogP contribution is 2.16. The lowest BCUT2D eigenvalue weighted by Crippen LogP contribution is -2.40. The number of rotatable bonds is 7. The van der Waals surface area contributed by atoms with Crippen LogP contribution in [0.4, 0.5) is 4.79 Å². The monoisotopic (exact) mass is 495 g/mol. The number of benzene rings is 2. The molecule has 0 spiro atoms. The second-order valence-electron chi connectivity index (χ2n) is 8.80. The molecule has 0 unspecified atom stereocenters. The van der Waals surface area contributed by atoms with Crippen molar-refractivity contribution in [3.05, 3.63) is 74.8 Å². The van der Waals surface area contributed by atoms with Crippen LogP contribution in [0.2, 0.25) is 5.02 Å². The molecule has 1 aromatic heterocycles. The van der Waals surface area contributed by atoms with Crippen molar-refractivity contribution in [2.24, 2.45) is 0 Å². The summed E-state index contributed by atoms with van der Waals surface area (Å²) in [7, 11) is 0. The van der Waals surface area contributed by atoms with Crippen molar-refractivity contribution in [3.63, 3.8) is 0 Å². The molecule has 1 fully saturated rings. The molecule has 2 heterocycles. The first kappa shape index (κ1) is 24.7. The topological polar surface area (TPSA) is 98.4 Å². The normalized spacial score (nSPS) is 13.6. The van der Waals surface area contributed by atoms with Gasteiger partial charge in [0.25, 0.3) is 11.5 Å². The summed E-state index contributed by atoms with van der Waals surface area (Å²) in [5.41, 5.74) is 1.79. The van der Waals surface area contributed by atoms with E-state index in [0.717, 1.165) is 37.9 Å². The van der Waals surface area contributed by atoms with E-state index in [4.69, 9.17) is 11.6 Å². The van der Waals surface area contributed by atoms with Gasteiger partial charge in [-0.2, -0.15) is 0 Å². The molecule has 8 nitrogen and oxygen atoms in total. The summed E-state index contributed by atoms with van der Waals surface area (Å²) in [6.45, 7) is 4.61. The first-order valence-corrected chi connectivity index (χ1v) is 12.4. The van der Waals surface area contributed by atoms with Gasteiger partial charge in [-0.15, -0.1) is 0 Å². The third-order valence-electron chi connectivity index (χ3n) is 6.13. The molecule has 0 saturated carbocycles. The Labute approximate surface area is 209 Å². The van der Waals surface area contributed by atoms with Gasteiger partial charge in [0.15, 0.2) is 0 Å². The number of hydrogen-bond donors (Lipinski definition) is 2. The van der Waals surface area contributed by atoms with E-state index in [0.29, 0.717) is 40.4 Å². The van der Waals surface area contributed by atoms with Gasteiger partial charge in [0, 0.05) is 36.8 Å². The Bertz CT molecular complexity index is 1250. The first-order chi connectivity index (χ1) is 16.9. The van der Waals surface area contributed by atoms with Crippen molar-refractivity contribution in [3.8, 4) is 0 Å². The maximum Gasteiger partial charge on any atom is 0.318 e. The number of amides is 3. The number of aromatic nitrogens is 2. The molecular formula is C26H30ClN5O3. The fraction of sp³-hybridized carbons (Fsp3) is 0.385. The van der Waals surface area contributed by atoms with E-state index in [1.54, 1.807) is 23.1 Å². The van der Waals surface area contributed by atoms with Crippen molar-refractivity contribution in [1.29, 1.82) is 0 Å². The molecule has 35 heavy (non-hydrogen) atoms. The van der Waals surface area contributed by atoms with Crippen molar-refractivity contribution < 1.29 is 9.59 Å². The zero-order valence-electron chi connectivity index (χ0n) is 19.8. The molecule has 1 aliphatic rings. The van der Waals surface area contributed by atoms with E-state index in [2.05, 4.69) is 15.3 Å². The largest absolute Gasteiger partial charge is 0.339 e. The summed E-state index contributed by atoms with van der Waals surface area (Å²) in [6.07, 6.45) is 4.05. The molecular weight excluding hydrogens is 466 g/mol. The van der Waals surface area contributed by atoms with Crippen LogP contribution in [-0.2, 0) is 13.1 Å². The van der Waals surface area contributed by atoms with Crippen LogP contribution in [0, 0.1) is 0 Å². The van der Waals surface area contributed by atoms with Crippen LogP contribution in [0.3, 0.4) is 0 Å². The molecule has 0 atom stereocenters. The lowest BCUT2D eigenvalue weighted by molar-refractivity contribution is 0.0724. The number of likely N-dealkylation sites (tertiary alicyclic amines) is 1. The van der Waals surface area contributed by atoms with E-state index in [-0.39, 0.29) is 24.0 Å². The van der Waals surface area contributed by atoms with Gasteiger partial charge in [-0.3, -0.25) is 9.59 Å². The highest BCUT2D eigenvalue weighted by Gasteiger charge is 2.18. The average Bonchev–Trinajstić information content (AvgIpc) is 2.87. The fourth-order valence-corrected chi connectivity index (χ4v) is 4.44. The summed E-state index contributed by atoms with van der Waals surface area (Å²) in [5, 5.41) is 3.87. The minimum atomic E-state index is -0.266. The Kier molecular flexibility index (Phi) is 8.02. The zero-order chi connectivity index (χ0) is 24.8. The Morgan fingerprint density at radius 2 is 1.86 bits per heavy atom. The number of urea groups is 1. The second kappa shape index (κ2) is 11.4. The van der Waals surface area contributed by atoms with E-state index in [9.17, 15) is 14.4 Å². The average molecular weight is 496 g/mol. The van der Waals surface area contributed by atoms with Gasteiger partial charge in [0.1, 0.15) is 5.82 Å². The lowest BCUT2D eigenvalue weighted by atomic mass is 10.1. The van der Waals surface area contributed by atoms with E-state index in [1.165, 1.54) is 6.42 Å². The Morgan fingerprint density at radius 1 is 1.11 bits per heavy atom. The van der Waals surface area contributed by atoms with Gasteiger partial charge in [0.05, 0.1) is 17.4 Å². The Hall–Kier alpha value is -3.39. The van der Waals surface area contributed by atoms with Gasteiger partial charge in [-0.25, -0.2) is 9.78 Å². The van der Waals surface area contributed by atoms with E-state index in [1.807, 2.05) is 36.1 Å². The highest BCUT2D eigenvalue weighted by atomic mass is 35.5. The van der Waals surface area contributed by atoms with Gasteiger partial charge in [-0.1, -0.05) is 30.7 Å². The second-order valence-corrected chi connectivity index (χ2v) is 9.24. The van der Waals surface area contributed by atoms with Crippen LogP contribution in [0.15, 0.2) is 47.3 Å². The highest BCUT2D eigenvalue weighted by molar-refractivity contribution is 6.31. The van der Waals surface area contributed by atoms with Gasteiger partial charge < -0.3 is 20.1 Å². The van der Waals surface area contributed by atoms with Crippen LogP contribution in [-0.4, -0.2) is 51.3 Å². The first-order valence-electron chi connectivity index (χ1n) is 12.0. The zero-order valence-corrected chi connectivity index (χ0v) is 20.6. The maximum absolute atomic E-state index is 12.9. The quantitative estimate of drug-likeness (QED) is 0.509. The van der Waals surface area contributed by atoms with Crippen LogP contribution in [0.5, 0.6) is 0 Å². The predicted octanol–water partition coefficient (Wildman–Crippen LogP) is 4.32. The molecule has 184 valence electrons. The Morgan fingerprint density at radius 3 is 2.57 bits per heavy atom. The summed E-state index contributed by atoms with van der Waals surface area (Å²) >= 11 is 6.05. The minimum Gasteiger partial charge on any atom is -0.339 e. The molecule has 4 rings (SSSR count). The minimum absolute atomic E-state index is 0.0626. The number of aromatic amines is 1. The molecule has 3 amide bonds. The van der Waals surface area contributed by atoms with E-state index < -0.39 is 0 Å². The summed E-state index contributed by atoms with van der Waals surface area (Å²) in [5.74, 6) is 0.460. The molecule has 0 bridgehead atoms. The number of nitrogens with zero attached hydrogens (tertiary/aromatic N) is 3. The standard InChI is InChI=1S/C26H30ClN5O3/c1-2-12-32(17-23-29-22-15-20(27)10-11-21(22)24(33)30-23)26(35)28-16-18-6-8-19(9-7-18)25(34)31-13-4-3-5-14-31/h6-11,15H,2-5,12-14,16-17H2,1H3,(H,28,35)(H,29,30,33). The number of piperidine rings is 1. The number of carbonyl (C=O) groups is 2. The number of halogens is 1. The third-order valence-corrected chi connectivity index (χ3v) is 6.36. The molecule has 0 aliphatic carbocycles. The summed E-state index contributed by atoms with van der Waals surface area (Å²) in [6, 6.07) is 12.0. The van der Waals surface area contributed by atoms with Crippen LogP contribution >= 0.6 is 11.6 Å². The van der Waals surface area contributed by atoms with Crippen LogP contribution < -0.4 is 10.9 Å². The number of fused-ring (bicyclic) bond motifs is 1. The maximum atomic E-state index is 12.9. The van der Waals surface area contributed by atoms with Crippen LogP contribution in [0.1, 0.15) is 54.4 Å². The summed E-state index contributed by atoms with van der Waals surface area (Å²) in [4.78, 5) is 48.7. The molecule has 2 N–H and O–H groups in total. The van der Waals surface area contributed by atoms with Gasteiger partial charge in [-0.05, 0) is 61.6 Å². The SMILES string of the molecule is CCCN(Cc1nc2cc(Cl)ccc2c(=O)[nH]1)C(=O)NCc1ccc(C(=O)N2CCCCC2)cc1. The van der Waals surface area contributed by atoms with Gasteiger partial charge >= 0.3 is 6.03 Å². The summed E-state index contributed by atoms with van der Waals surface area (Å²) < 4.78 is 0. The number of carbonyl (C=O) groups excluding carboxylic acids is 2. The molecule has 2 aromatic carbocycles. The van der Waals surface area contributed by atoms with Crippen molar-refractivity contribution in [2.45, 2.75) is 45.7 Å². The van der Waals surface area contributed by atoms with Crippen LogP contribution in [0.25, 0.3) is 10.9 Å². The van der Waals surface area contributed by atoms with Crippen molar-refractivity contribution in [1.82, 2.24) is 25.1 Å². The smallest absolute Gasteiger partial charge is 0.318 e. The molecule has 0 radical (unpaired) electrons. The third kappa shape index (κ3) is 6.19. The molecule has 9 heteroatoms. The molecule has 3 aromatic rings. The van der Waals surface area contributed by atoms with Gasteiger partial charge in [0.2, 0.25) is 0 Å². The molecule has 1 saturated heterocycles.